The van der Waals surface area contributed by atoms with E-state index < -0.39 is 10.0 Å². The fraction of sp³-hybridized carbons (Fsp3) is 0.538. The third kappa shape index (κ3) is 5.28. The number of primary sulfonamides is 1. The van der Waals surface area contributed by atoms with E-state index in [1.807, 2.05) is 6.92 Å². The predicted molar refractivity (Wildman–Crippen MR) is 75.5 cm³/mol. The molecule has 0 saturated carbocycles. The Morgan fingerprint density at radius 1 is 1.26 bits per heavy atom. The summed E-state index contributed by atoms with van der Waals surface area (Å²) in [6.07, 6.45) is 0.982. The third-order valence-corrected chi connectivity index (χ3v) is 4.14. The van der Waals surface area contributed by atoms with Gasteiger partial charge in [0.1, 0.15) is 0 Å². The normalized spacial score (nSPS) is 15.2. The highest BCUT2D eigenvalue weighted by Gasteiger charge is 2.10. The van der Waals surface area contributed by atoms with Gasteiger partial charge < -0.3 is 10.1 Å². The molecule has 0 spiro atoms. The fourth-order valence-corrected chi connectivity index (χ4v) is 2.18. The number of methoxy groups -OCH3 is 1. The maximum atomic E-state index is 11.1. The Hall–Kier alpha value is -0.950. The standard InChI is InChI=1S/C13H22N2O3S/c1-10(11(2)18-3)15-9-8-12-4-6-13(7-5-12)19(14,16)17/h4-7,10-11,15H,8-9H2,1-3H3,(H2,14,16,17). The van der Waals surface area contributed by atoms with Crippen LogP contribution in [0.3, 0.4) is 0 Å². The Morgan fingerprint density at radius 3 is 2.32 bits per heavy atom. The van der Waals surface area contributed by atoms with Gasteiger partial charge in [0.05, 0.1) is 11.0 Å². The van der Waals surface area contributed by atoms with Crippen LogP contribution in [-0.2, 0) is 21.2 Å². The first kappa shape index (κ1) is 16.1. The molecule has 0 aliphatic rings. The summed E-state index contributed by atoms with van der Waals surface area (Å²) in [5.74, 6) is 0. The van der Waals surface area contributed by atoms with Gasteiger partial charge in [-0.1, -0.05) is 12.1 Å². The molecule has 0 aliphatic heterocycles. The fourth-order valence-electron chi connectivity index (χ4n) is 1.66. The van der Waals surface area contributed by atoms with E-state index in [4.69, 9.17) is 9.88 Å². The minimum atomic E-state index is -3.60. The van der Waals surface area contributed by atoms with E-state index in [0.29, 0.717) is 0 Å². The van der Waals surface area contributed by atoms with Gasteiger partial charge in [-0.15, -0.1) is 0 Å². The SMILES string of the molecule is COC(C)C(C)NCCc1ccc(S(N)(=O)=O)cc1. The Kier molecular flexibility index (Phi) is 5.93. The molecule has 1 aromatic carbocycles. The molecule has 108 valence electrons. The molecule has 2 unspecified atom stereocenters. The van der Waals surface area contributed by atoms with Gasteiger partial charge in [-0.25, -0.2) is 13.6 Å². The summed E-state index contributed by atoms with van der Waals surface area (Å²) >= 11 is 0. The largest absolute Gasteiger partial charge is 0.380 e. The van der Waals surface area contributed by atoms with E-state index in [9.17, 15) is 8.42 Å². The van der Waals surface area contributed by atoms with Crippen LogP contribution >= 0.6 is 0 Å². The first-order valence-corrected chi connectivity index (χ1v) is 7.77. The van der Waals surface area contributed by atoms with Crippen LogP contribution in [0, 0.1) is 0 Å². The van der Waals surface area contributed by atoms with Crippen molar-refractivity contribution < 1.29 is 13.2 Å². The maximum Gasteiger partial charge on any atom is 0.238 e. The van der Waals surface area contributed by atoms with Gasteiger partial charge in [-0.2, -0.15) is 0 Å². The maximum absolute atomic E-state index is 11.1. The van der Waals surface area contributed by atoms with Crippen molar-refractivity contribution in [1.82, 2.24) is 5.32 Å². The molecule has 0 amide bonds. The molecule has 5 nitrogen and oxygen atoms in total. The second-order valence-electron chi connectivity index (χ2n) is 4.62. The van der Waals surface area contributed by atoms with Crippen LogP contribution < -0.4 is 10.5 Å². The lowest BCUT2D eigenvalue weighted by atomic mass is 10.1. The first-order valence-electron chi connectivity index (χ1n) is 6.22. The van der Waals surface area contributed by atoms with Gasteiger partial charge >= 0.3 is 0 Å². The molecule has 0 aliphatic carbocycles. The van der Waals surface area contributed by atoms with Crippen molar-refractivity contribution >= 4 is 10.0 Å². The van der Waals surface area contributed by atoms with Crippen molar-refractivity contribution in [3.63, 3.8) is 0 Å². The first-order chi connectivity index (χ1) is 8.84. The summed E-state index contributed by atoms with van der Waals surface area (Å²) in [7, 11) is -1.91. The summed E-state index contributed by atoms with van der Waals surface area (Å²) in [5.41, 5.74) is 1.07. The summed E-state index contributed by atoms with van der Waals surface area (Å²) in [5, 5.41) is 8.40. The molecule has 0 saturated heterocycles. The number of nitrogens with two attached hydrogens (primary N) is 1. The molecule has 1 aromatic rings. The lowest BCUT2D eigenvalue weighted by Gasteiger charge is -2.19. The predicted octanol–water partition coefficient (Wildman–Crippen LogP) is 0.890. The second kappa shape index (κ2) is 7.00. The lowest BCUT2D eigenvalue weighted by Crippen LogP contribution is -2.37. The molecule has 1 rings (SSSR count). The van der Waals surface area contributed by atoms with E-state index in [1.165, 1.54) is 12.1 Å². The van der Waals surface area contributed by atoms with Gasteiger partial charge in [-0.05, 0) is 44.5 Å². The van der Waals surface area contributed by atoms with Crippen LogP contribution in [0.25, 0.3) is 0 Å². The van der Waals surface area contributed by atoms with Gasteiger partial charge in [0.2, 0.25) is 10.0 Å². The van der Waals surface area contributed by atoms with E-state index in [0.717, 1.165) is 18.5 Å². The Balaban J connectivity index is 2.47. The number of rotatable bonds is 7. The number of nitrogens with one attached hydrogen (secondary N) is 1. The van der Waals surface area contributed by atoms with E-state index in [1.54, 1.807) is 19.2 Å². The average Bonchev–Trinajstić information content (AvgIpc) is 2.37. The quantitative estimate of drug-likeness (QED) is 0.780. The van der Waals surface area contributed by atoms with Crippen LogP contribution in [0.1, 0.15) is 19.4 Å². The molecule has 0 heterocycles. The molecule has 2 atom stereocenters. The molecular formula is C13H22N2O3S. The Morgan fingerprint density at radius 2 is 1.84 bits per heavy atom. The van der Waals surface area contributed by atoms with Crippen molar-refractivity contribution in [1.29, 1.82) is 0 Å². The third-order valence-electron chi connectivity index (χ3n) is 3.21. The molecular weight excluding hydrogens is 264 g/mol. The van der Waals surface area contributed by atoms with E-state index >= 15 is 0 Å². The van der Waals surface area contributed by atoms with Crippen LogP contribution in [0.2, 0.25) is 0 Å². The van der Waals surface area contributed by atoms with Gasteiger partial charge in [0.25, 0.3) is 0 Å². The highest BCUT2D eigenvalue weighted by molar-refractivity contribution is 7.89. The average molecular weight is 286 g/mol. The van der Waals surface area contributed by atoms with Crippen molar-refractivity contribution in [3.8, 4) is 0 Å². The summed E-state index contributed by atoms with van der Waals surface area (Å²) in [6.45, 7) is 4.89. The van der Waals surface area contributed by atoms with Crippen molar-refractivity contribution in [2.75, 3.05) is 13.7 Å². The molecule has 0 fully saturated rings. The van der Waals surface area contributed by atoms with Crippen molar-refractivity contribution in [2.24, 2.45) is 5.14 Å². The zero-order chi connectivity index (χ0) is 14.5. The molecule has 3 N–H and O–H groups in total. The van der Waals surface area contributed by atoms with Gasteiger partial charge in [-0.3, -0.25) is 0 Å². The summed E-state index contributed by atoms with van der Waals surface area (Å²) < 4.78 is 27.4. The zero-order valence-corrected chi connectivity index (χ0v) is 12.4. The minimum Gasteiger partial charge on any atom is -0.380 e. The number of sulfonamides is 1. The Bertz CT molecular complexity index is 485. The molecule has 0 bridgehead atoms. The molecule has 6 heteroatoms. The number of ether oxygens (including phenoxy) is 1. The molecule has 19 heavy (non-hydrogen) atoms. The Labute approximate surface area is 115 Å². The number of benzene rings is 1. The molecule has 0 radical (unpaired) electrons. The number of hydrogen-bond donors (Lipinski definition) is 2. The zero-order valence-electron chi connectivity index (χ0n) is 11.6. The van der Waals surface area contributed by atoms with E-state index in [2.05, 4.69) is 12.2 Å². The molecule has 0 aromatic heterocycles. The van der Waals surface area contributed by atoms with Crippen molar-refractivity contribution in [2.45, 2.75) is 37.3 Å². The highest BCUT2D eigenvalue weighted by Crippen LogP contribution is 2.09. The van der Waals surface area contributed by atoms with Crippen LogP contribution in [-0.4, -0.2) is 34.2 Å². The summed E-state index contributed by atoms with van der Waals surface area (Å²) in [6, 6.07) is 6.91. The van der Waals surface area contributed by atoms with Crippen LogP contribution in [0.5, 0.6) is 0 Å². The lowest BCUT2D eigenvalue weighted by molar-refractivity contribution is 0.0890. The summed E-state index contributed by atoms with van der Waals surface area (Å²) in [4.78, 5) is 0.144. The van der Waals surface area contributed by atoms with Gasteiger partial charge in [0.15, 0.2) is 0 Å². The monoisotopic (exact) mass is 286 g/mol. The highest BCUT2D eigenvalue weighted by atomic mass is 32.2. The smallest absolute Gasteiger partial charge is 0.238 e. The minimum absolute atomic E-state index is 0.144. The topological polar surface area (TPSA) is 81.4 Å². The van der Waals surface area contributed by atoms with Gasteiger partial charge in [0, 0.05) is 13.2 Å². The van der Waals surface area contributed by atoms with Crippen LogP contribution in [0.4, 0.5) is 0 Å². The second-order valence-corrected chi connectivity index (χ2v) is 6.18. The van der Waals surface area contributed by atoms with E-state index in [-0.39, 0.29) is 17.0 Å². The van der Waals surface area contributed by atoms with Crippen LogP contribution in [0.15, 0.2) is 29.2 Å². The number of hydrogen-bond acceptors (Lipinski definition) is 4. The van der Waals surface area contributed by atoms with Crippen molar-refractivity contribution in [3.05, 3.63) is 29.8 Å².